The Morgan fingerprint density at radius 3 is 1.45 bits per heavy atom. The zero-order valence-corrected chi connectivity index (χ0v) is 6.98. The van der Waals surface area contributed by atoms with Crippen LogP contribution in [0.5, 0.6) is 0 Å². The summed E-state index contributed by atoms with van der Waals surface area (Å²) in [5.74, 6) is -0.155. The second-order valence-corrected chi connectivity index (χ2v) is 3.42. The van der Waals surface area contributed by atoms with E-state index in [1.165, 1.54) is 0 Å². The summed E-state index contributed by atoms with van der Waals surface area (Å²) >= 11 is 0. The van der Waals surface area contributed by atoms with Crippen molar-refractivity contribution in [1.29, 1.82) is 0 Å². The Bertz CT molecular complexity index is 105. The third-order valence-electron chi connectivity index (χ3n) is 2.47. The van der Waals surface area contributed by atoms with Crippen molar-refractivity contribution in [1.82, 2.24) is 0 Å². The molecule has 0 aromatic rings. The predicted molar refractivity (Wildman–Crippen MR) is 41.0 cm³/mol. The molecular formula is C8H16F2O. The van der Waals surface area contributed by atoms with Gasteiger partial charge in [0.15, 0.2) is 0 Å². The van der Waals surface area contributed by atoms with Gasteiger partial charge in [-0.1, -0.05) is 13.8 Å². The maximum absolute atomic E-state index is 12.8. The van der Waals surface area contributed by atoms with Crippen LogP contribution in [0.25, 0.3) is 0 Å². The highest BCUT2D eigenvalue weighted by molar-refractivity contribution is 4.83. The molecule has 0 heterocycles. The van der Waals surface area contributed by atoms with Crippen LogP contribution in [-0.2, 0) is 0 Å². The minimum absolute atomic E-state index is 0. The molecule has 4 unspecified atom stereocenters. The Morgan fingerprint density at radius 2 is 1.18 bits per heavy atom. The van der Waals surface area contributed by atoms with E-state index in [1.54, 1.807) is 13.8 Å². The van der Waals surface area contributed by atoms with Crippen molar-refractivity contribution in [3.8, 4) is 0 Å². The van der Waals surface area contributed by atoms with Gasteiger partial charge in [-0.15, -0.1) is 0 Å². The van der Waals surface area contributed by atoms with Crippen molar-refractivity contribution in [2.45, 2.75) is 39.0 Å². The lowest BCUT2D eigenvalue weighted by atomic mass is 9.81. The van der Waals surface area contributed by atoms with Crippen LogP contribution in [0.4, 0.5) is 8.78 Å². The van der Waals surface area contributed by atoms with E-state index in [2.05, 4.69) is 0 Å². The summed E-state index contributed by atoms with van der Waals surface area (Å²) in [4.78, 5) is 0. The summed E-state index contributed by atoms with van der Waals surface area (Å²) in [6.45, 7) is 3.56. The molecule has 3 heteroatoms. The van der Waals surface area contributed by atoms with Crippen molar-refractivity contribution in [2.24, 2.45) is 11.8 Å². The fourth-order valence-electron chi connectivity index (χ4n) is 1.47. The maximum Gasteiger partial charge on any atom is 0.134 e. The molecule has 0 aromatic heterocycles. The molecule has 1 rings (SSSR count). The SMILES string of the molecule is CC1CCC(C)C(F)C1F.O. The molecule has 0 amide bonds. The lowest BCUT2D eigenvalue weighted by Gasteiger charge is -2.30. The van der Waals surface area contributed by atoms with Gasteiger partial charge in [-0.05, 0) is 24.7 Å². The summed E-state index contributed by atoms with van der Waals surface area (Å²) in [7, 11) is 0. The van der Waals surface area contributed by atoms with Crippen molar-refractivity contribution in [3.05, 3.63) is 0 Å². The number of rotatable bonds is 0. The van der Waals surface area contributed by atoms with Crippen LogP contribution >= 0.6 is 0 Å². The second kappa shape index (κ2) is 4.00. The molecular weight excluding hydrogens is 150 g/mol. The van der Waals surface area contributed by atoms with Crippen LogP contribution in [-0.4, -0.2) is 17.8 Å². The highest BCUT2D eigenvalue weighted by Crippen LogP contribution is 2.32. The van der Waals surface area contributed by atoms with Gasteiger partial charge in [-0.3, -0.25) is 0 Å². The number of hydrogen-bond donors (Lipinski definition) is 0. The Balaban J connectivity index is 0.000001000. The number of alkyl halides is 2. The predicted octanol–water partition coefficient (Wildman–Crippen LogP) is 1.90. The fourth-order valence-corrected chi connectivity index (χ4v) is 1.47. The van der Waals surface area contributed by atoms with E-state index in [0.29, 0.717) is 0 Å². The van der Waals surface area contributed by atoms with Gasteiger partial charge in [0.25, 0.3) is 0 Å². The summed E-state index contributed by atoms with van der Waals surface area (Å²) in [5.41, 5.74) is 0. The third kappa shape index (κ3) is 2.12. The largest absolute Gasteiger partial charge is 0.412 e. The highest BCUT2D eigenvalue weighted by Gasteiger charge is 2.35. The molecule has 1 aliphatic rings. The van der Waals surface area contributed by atoms with Crippen LogP contribution < -0.4 is 0 Å². The molecule has 68 valence electrons. The van der Waals surface area contributed by atoms with Crippen LogP contribution in [0.15, 0.2) is 0 Å². The first kappa shape index (κ1) is 10.8. The molecule has 0 aromatic carbocycles. The molecule has 4 atom stereocenters. The zero-order chi connectivity index (χ0) is 7.72. The molecule has 1 aliphatic carbocycles. The smallest absolute Gasteiger partial charge is 0.134 e. The molecule has 1 nitrogen and oxygen atoms in total. The molecule has 0 saturated heterocycles. The number of halogens is 2. The monoisotopic (exact) mass is 166 g/mol. The normalized spacial score (nSPS) is 44.7. The van der Waals surface area contributed by atoms with Gasteiger partial charge >= 0.3 is 0 Å². The van der Waals surface area contributed by atoms with E-state index >= 15 is 0 Å². The van der Waals surface area contributed by atoms with Crippen LogP contribution in [0.1, 0.15) is 26.7 Å². The van der Waals surface area contributed by atoms with Crippen molar-refractivity contribution in [2.75, 3.05) is 0 Å². The van der Waals surface area contributed by atoms with Gasteiger partial charge in [-0.25, -0.2) is 8.78 Å². The van der Waals surface area contributed by atoms with E-state index in [9.17, 15) is 8.78 Å². The molecule has 2 N–H and O–H groups in total. The molecule has 0 aliphatic heterocycles. The molecule has 1 fully saturated rings. The fraction of sp³-hybridized carbons (Fsp3) is 1.00. The topological polar surface area (TPSA) is 31.5 Å². The van der Waals surface area contributed by atoms with Crippen LogP contribution in [0.3, 0.4) is 0 Å². The van der Waals surface area contributed by atoms with Gasteiger partial charge in [0.2, 0.25) is 0 Å². The Morgan fingerprint density at radius 1 is 0.909 bits per heavy atom. The standard InChI is InChI=1S/C8H14F2.H2O/c1-5-3-4-6(2)8(10)7(5)9;/h5-8H,3-4H2,1-2H3;1H2. The summed E-state index contributed by atoms with van der Waals surface area (Å²) in [6.07, 6.45) is -0.765. The molecule has 11 heavy (non-hydrogen) atoms. The lowest BCUT2D eigenvalue weighted by molar-refractivity contribution is 0.0367. The van der Waals surface area contributed by atoms with Crippen LogP contribution in [0, 0.1) is 11.8 Å². The maximum atomic E-state index is 12.8. The lowest BCUT2D eigenvalue weighted by Crippen LogP contribution is -2.35. The van der Waals surface area contributed by atoms with Crippen LogP contribution in [0.2, 0.25) is 0 Å². The molecule has 1 saturated carbocycles. The highest BCUT2D eigenvalue weighted by atomic mass is 19.2. The number of hydrogen-bond acceptors (Lipinski definition) is 0. The summed E-state index contributed by atoms with van der Waals surface area (Å²) in [6, 6.07) is 0. The first-order chi connectivity index (χ1) is 4.63. The summed E-state index contributed by atoms with van der Waals surface area (Å²) < 4.78 is 25.7. The first-order valence-electron chi connectivity index (χ1n) is 3.91. The Hall–Kier alpha value is -0.180. The van der Waals surface area contributed by atoms with Crippen molar-refractivity contribution in [3.63, 3.8) is 0 Å². The molecule has 0 radical (unpaired) electrons. The zero-order valence-electron chi connectivity index (χ0n) is 6.98. The van der Waals surface area contributed by atoms with Gasteiger partial charge in [-0.2, -0.15) is 0 Å². The minimum Gasteiger partial charge on any atom is -0.412 e. The second-order valence-electron chi connectivity index (χ2n) is 3.42. The van der Waals surface area contributed by atoms with E-state index < -0.39 is 12.3 Å². The average molecular weight is 166 g/mol. The van der Waals surface area contributed by atoms with Gasteiger partial charge in [0.05, 0.1) is 0 Å². The minimum atomic E-state index is -1.22. The van der Waals surface area contributed by atoms with E-state index in [1.807, 2.05) is 0 Å². The van der Waals surface area contributed by atoms with Gasteiger partial charge in [0.1, 0.15) is 12.3 Å². The molecule has 0 bridgehead atoms. The molecule has 0 spiro atoms. The first-order valence-corrected chi connectivity index (χ1v) is 3.91. The summed E-state index contributed by atoms with van der Waals surface area (Å²) in [5, 5.41) is 0. The van der Waals surface area contributed by atoms with E-state index in [-0.39, 0.29) is 17.3 Å². The Kier molecular flexibility index (Phi) is 3.93. The average Bonchev–Trinajstić information content (AvgIpc) is 1.93. The van der Waals surface area contributed by atoms with Crippen molar-refractivity contribution >= 4 is 0 Å². The third-order valence-corrected chi connectivity index (χ3v) is 2.47. The van der Waals surface area contributed by atoms with Crippen molar-refractivity contribution < 1.29 is 14.3 Å². The van der Waals surface area contributed by atoms with Gasteiger partial charge < -0.3 is 5.48 Å². The van der Waals surface area contributed by atoms with E-state index in [4.69, 9.17) is 0 Å². The van der Waals surface area contributed by atoms with Gasteiger partial charge in [0, 0.05) is 0 Å². The Labute approximate surface area is 66.1 Å². The quantitative estimate of drug-likeness (QED) is 0.526. The van der Waals surface area contributed by atoms with E-state index in [0.717, 1.165) is 12.8 Å².